The largest absolute Gasteiger partial charge is 0.418 e. The van der Waals surface area contributed by atoms with Gasteiger partial charge in [-0.05, 0) is 49.2 Å². The van der Waals surface area contributed by atoms with Gasteiger partial charge in [-0.1, -0.05) is 35.5 Å². The van der Waals surface area contributed by atoms with Gasteiger partial charge in [-0.15, -0.1) is 10.2 Å². The fourth-order valence-corrected chi connectivity index (χ4v) is 4.39. The highest BCUT2D eigenvalue weighted by Gasteiger charge is 2.33. The Bertz CT molecular complexity index is 1120. The average molecular weight is 497 g/mol. The number of rotatable bonds is 7. The lowest BCUT2D eigenvalue weighted by Crippen LogP contribution is -2.19. The summed E-state index contributed by atoms with van der Waals surface area (Å²) in [4.78, 5) is 12.4. The van der Waals surface area contributed by atoms with Crippen LogP contribution in [0.25, 0.3) is 11.4 Å². The zero-order valence-corrected chi connectivity index (χ0v) is 18.9. The number of para-hydroxylation sites is 1. The second-order valence-electron chi connectivity index (χ2n) is 7.44. The van der Waals surface area contributed by atoms with Crippen molar-refractivity contribution in [1.29, 1.82) is 0 Å². The minimum absolute atomic E-state index is 0.00103. The SMILES string of the molecule is O=C(CSc1nnc(-c2ccc(Cl)cc2)n1C[C@H]1CCCO1)Nc1ccccc1C(F)(F)F. The van der Waals surface area contributed by atoms with Crippen LogP contribution in [0.4, 0.5) is 18.9 Å². The van der Waals surface area contributed by atoms with Crippen LogP contribution in [0.1, 0.15) is 18.4 Å². The van der Waals surface area contributed by atoms with Gasteiger partial charge >= 0.3 is 6.18 Å². The molecular formula is C22H20ClF3N4O2S. The topological polar surface area (TPSA) is 69.0 Å². The van der Waals surface area contributed by atoms with Crippen molar-refractivity contribution in [3.8, 4) is 11.4 Å². The molecule has 2 heterocycles. The third-order valence-electron chi connectivity index (χ3n) is 5.07. The standard InChI is InChI=1S/C22H20ClF3N4O2S/c23-15-9-7-14(8-10-15)20-28-29-21(30(20)12-16-4-3-11-32-16)33-13-19(31)27-18-6-2-1-5-17(18)22(24,25)26/h1-2,5-10,16H,3-4,11-13H2,(H,27,31)/t16-/m1/s1. The maximum absolute atomic E-state index is 13.2. The van der Waals surface area contributed by atoms with Crippen molar-refractivity contribution in [2.24, 2.45) is 0 Å². The van der Waals surface area contributed by atoms with Gasteiger partial charge < -0.3 is 10.1 Å². The molecule has 0 spiro atoms. The predicted molar refractivity (Wildman–Crippen MR) is 120 cm³/mol. The molecule has 1 saturated heterocycles. The Morgan fingerprint density at radius 3 is 2.64 bits per heavy atom. The summed E-state index contributed by atoms with van der Waals surface area (Å²) in [5.74, 6) is -0.0971. The van der Waals surface area contributed by atoms with Crippen LogP contribution in [-0.4, -0.2) is 39.1 Å². The highest BCUT2D eigenvalue weighted by molar-refractivity contribution is 7.99. The van der Waals surface area contributed by atoms with Gasteiger partial charge in [0.25, 0.3) is 0 Å². The summed E-state index contributed by atoms with van der Waals surface area (Å²) in [6.45, 7) is 1.19. The zero-order chi connectivity index (χ0) is 23.4. The minimum Gasteiger partial charge on any atom is -0.376 e. The van der Waals surface area contributed by atoms with Crippen LogP contribution in [0.5, 0.6) is 0 Å². The summed E-state index contributed by atoms with van der Waals surface area (Å²) in [5.41, 5.74) is -0.367. The number of carbonyl (C=O) groups excluding carboxylic acids is 1. The monoisotopic (exact) mass is 496 g/mol. The quantitative estimate of drug-likeness (QED) is 0.436. The summed E-state index contributed by atoms with van der Waals surface area (Å²) >= 11 is 7.09. The third kappa shape index (κ3) is 5.87. The maximum atomic E-state index is 13.2. The molecule has 0 saturated carbocycles. The molecule has 0 unspecified atom stereocenters. The number of halogens is 4. The van der Waals surface area contributed by atoms with Gasteiger partial charge in [0.1, 0.15) is 0 Å². The van der Waals surface area contributed by atoms with Crippen LogP contribution in [0.15, 0.2) is 53.7 Å². The summed E-state index contributed by atoms with van der Waals surface area (Å²) in [5, 5.41) is 11.9. The van der Waals surface area contributed by atoms with Crippen LogP contribution < -0.4 is 5.32 Å². The van der Waals surface area contributed by atoms with E-state index in [-0.39, 0.29) is 17.5 Å². The normalized spacial score (nSPS) is 16.2. The number of alkyl halides is 3. The van der Waals surface area contributed by atoms with Crippen molar-refractivity contribution in [3.05, 3.63) is 59.1 Å². The number of nitrogens with zero attached hydrogens (tertiary/aromatic N) is 3. The number of thioether (sulfide) groups is 1. The number of benzene rings is 2. The Hall–Kier alpha value is -2.56. The van der Waals surface area contributed by atoms with Gasteiger partial charge in [0.15, 0.2) is 11.0 Å². The molecular weight excluding hydrogens is 477 g/mol. The molecule has 1 aliphatic rings. The smallest absolute Gasteiger partial charge is 0.376 e. The van der Waals surface area contributed by atoms with E-state index in [0.717, 1.165) is 36.2 Å². The molecule has 11 heteroatoms. The summed E-state index contributed by atoms with van der Waals surface area (Å²) in [6, 6.07) is 12.0. The van der Waals surface area contributed by atoms with Crippen molar-refractivity contribution in [2.75, 3.05) is 17.7 Å². The number of amides is 1. The Morgan fingerprint density at radius 1 is 1.18 bits per heavy atom. The molecule has 0 aliphatic carbocycles. The molecule has 1 atom stereocenters. The number of ether oxygens (including phenoxy) is 1. The van der Waals surface area contributed by atoms with E-state index in [4.69, 9.17) is 16.3 Å². The van der Waals surface area contributed by atoms with E-state index >= 15 is 0 Å². The van der Waals surface area contributed by atoms with E-state index in [1.165, 1.54) is 18.2 Å². The van der Waals surface area contributed by atoms with Gasteiger partial charge in [0, 0.05) is 17.2 Å². The first-order valence-electron chi connectivity index (χ1n) is 10.2. The van der Waals surface area contributed by atoms with E-state index in [9.17, 15) is 18.0 Å². The van der Waals surface area contributed by atoms with E-state index in [0.29, 0.717) is 29.2 Å². The van der Waals surface area contributed by atoms with Crippen molar-refractivity contribution in [1.82, 2.24) is 14.8 Å². The van der Waals surface area contributed by atoms with Gasteiger partial charge in [0.05, 0.1) is 29.7 Å². The lowest BCUT2D eigenvalue weighted by molar-refractivity contribution is -0.137. The number of anilines is 1. The molecule has 0 bridgehead atoms. The molecule has 1 amide bonds. The Balaban J connectivity index is 1.51. The highest BCUT2D eigenvalue weighted by Crippen LogP contribution is 2.35. The predicted octanol–water partition coefficient (Wildman–Crippen LogP) is 5.53. The molecule has 1 aromatic heterocycles. The Kier molecular flexibility index (Phi) is 7.26. The minimum atomic E-state index is -4.56. The van der Waals surface area contributed by atoms with Gasteiger partial charge in [0.2, 0.25) is 5.91 Å². The van der Waals surface area contributed by atoms with Crippen LogP contribution in [0.2, 0.25) is 5.02 Å². The molecule has 1 aliphatic heterocycles. The molecule has 4 rings (SSSR count). The lowest BCUT2D eigenvalue weighted by Gasteiger charge is -2.15. The van der Waals surface area contributed by atoms with Gasteiger partial charge in [-0.2, -0.15) is 13.2 Å². The third-order valence-corrected chi connectivity index (χ3v) is 6.29. The van der Waals surface area contributed by atoms with E-state index in [1.807, 2.05) is 16.7 Å². The molecule has 174 valence electrons. The van der Waals surface area contributed by atoms with E-state index < -0.39 is 17.6 Å². The average Bonchev–Trinajstić information content (AvgIpc) is 3.43. The molecule has 2 aromatic carbocycles. The second-order valence-corrected chi connectivity index (χ2v) is 8.82. The Morgan fingerprint density at radius 2 is 1.94 bits per heavy atom. The van der Waals surface area contributed by atoms with Crippen molar-refractivity contribution in [3.63, 3.8) is 0 Å². The van der Waals surface area contributed by atoms with E-state index in [2.05, 4.69) is 15.5 Å². The number of nitrogens with one attached hydrogen (secondary N) is 1. The van der Waals surface area contributed by atoms with Crippen molar-refractivity contribution < 1.29 is 22.7 Å². The first-order valence-corrected chi connectivity index (χ1v) is 11.6. The number of aromatic nitrogens is 3. The van der Waals surface area contributed by atoms with Crippen molar-refractivity contribution in [2.45, 2.75) is 36.8 Å². The van der Waals surface area contributed by atoms with Crippen molar-refractivity contribution >= 4 is 35.0 Å². The second kappa shape index (κ2) is 10.1. The van der Waals surface area contributed by atoms with Crippen LogP contribution in [0, 0.1) is 0 Å². The molecule has 1 N–H and O–H groups in total. The highest BCUT2D eigenvalue weighted by atomic mass is 35.5. The van der Waals surface area contributed by atoms with Gasteiger partial charge in [-0.25, -0.2) is 0 Å². The first kappa shape index (κ1) is 23.6. The summed E-state index contributed by atoms with van der Waals surface area (Å²) in [7, 11) is 0. The zero-order valence-electron chi connectivity index (χ0n) is 17.3. The maximum Gasteiger partial charge on any atom is 0.418 e. The fourth-order valence-electron chi connectivity index (χ4n) is 3.52. The summed E-state index contributed by atoms with van der Waals surface area (Å²) < 4.78 is 47.2. The van der Waals surface area contributed by atoms with Crippen LogP contribution in [0.3, 0.4) is 0 Å². The van der Waals surface area contributed by atoms with Crippen LogP contribution in [-0.2, 0) is 22.3 Å². The number of hydrogen-bond acceptors (Lipinski definition) is 5. The van der Waals surface area contributed by atoms with E-state index in [1.54, 1.807) is 12.1 Å². The molecule has 0 radical (unpaired) electrons. The fraction of sp³-hybridized carbons (Fsp3) is 0.318. The molecule has 6 nitrogen and oxygen atoms in total. The van der Waals surface area contributed by atoms with Crippen LogP contribution >= 0.6 is 23.4 Å². The number of carbonyl (C=O) groups is 1. The molecule has 3 aromatic rings. The molecule has 33 heavy (non-hydrogen) atoms. The van der Waals surface area contributed by atoms with Gasteiger partial charge in [-0.3, -0.25) is 9.36 Å². The Labute approximate surface area is 197 Å². The molecule has 1 fully saturated rings. The lowest BCUT2D eigenvalue weighted by atomic mass is 10.1. The first-order chi connectivity index (χ1) is 15.8. The summed E-state index contributed by atoms with van der Waals surface area (Å²) in [6.07, 6.45) is -2.70. The number of hydrogen-bond donors (Lipinski definition) is 1.